The van der Waals surface area contributed by atoms with E-state index in [0.29, 0.717) is 11.7 Å². The Hall–Kier alpha value is -1.80. The number of para-hydroxylation sites is 2. The summed E-state index contributed by atoms with van der Waals surface area (Å²) in [4.78, 5) is 8.22. The first-order valence-corrected chi connectivity index (χ1v) is 6.54. The van der Waals surface area contributed by atoms with Crippen LogP contribution in [-0.2, 0) is 0 Å². The lowest BCUT2D eigenvalue weighted by Gasteiger charge is -2.25. The van der Waals surface area contributed by atoms with Crippen molar-refractivity contribution in [2.45, 2.75) is 6.10 Å². The molecule has 1 aromatic heterocycles. The van der Waals surface area contributed by atoms with Gasteiger partial charge in [-0.2, -0.15) is 4.99 Å². The molecule has 0 saturated carbocycles. The highest BCUT2D eigenvalue weighted by Crippen LogP contribution is 2.36. The Bertz CT molecular complexity index is 627. The fourth-order valence-electron chi connectivity index (χ4n) is 1.75. The highest BCUT2D eigenvalue weighted by atomic mass is 79.9. The first-order valence-electron chi connectivity index (χ1n) is 5.66. The van der Waals surface area contributed by atoms with E-state index in [1.54, 1.807) is 0 Å². The number of fused-ring (bicyclic) bond motifs is 1. The van der Waals surface area contributed by atoms with Gasteiger partial charge >= 0.3 is 0 Å². The van der Waals surface area contributed by atoms with Crippen molar-refractivity contribution in [2.24, 2.45) is 16.5 Å². The molecule has 3 rings (SSSR count). The quantitative estimate of drug-likeness (QED) is 0.634. The SMILES string of the molecule is Br.NC(N)=Nc1nc(C2COc3ccccc3O2)cs1. The average molecular weight is 357 g/mol. The van der Waals surface area contributed by atoms with Gasteiger partial charge in [-0.25, -0.2) is 4.98 Å². The molecule has 4 N–H and O–H groups in total. The van der Waals surface area contributed by atoms with E-state index in [1.807, 2.05) is 29.6 Å². The maximum absolute atomic E-state index is 5.84. The number of ether oxygens (including phenoxy) is 2. The number of aromatic nitrogens is 1. The van der Waals surface area contributed by atoms with Crippen molar-refractivity contribution < 1.29 is 9.47 Å². The van der Waals surface area contributed by atoms with Gasteiger partial charge in [-0.05, 0) is 12.1 Å². The highest BCUT2D eigenvalue weighted by molar-refractivity contribution is 8.93. The van der Waals surface area contributed by atoms with E-state index in [2.05, 4.69) is 9.98 Å². The first-order chi connectivity index (χ1) is 9.22. The van der Waals surface area contributed by atoms with E-state index in [4.69, 9.17) is 20.9 Å². The Labute approximate surface area is 130 Å². The van der Waals surface area contributed by atoms with E-state index in [-0.39, 0.29) is 29.0 Å². The van der Waals surface area contributed by atoms with Crippen LogP contribution >= 0.6 is 28.3 Å². The summed E-state index contributed by atoms with van der Waals surface area (Å²) < 4.78 is 11.5. The second kappa shape index (κ2) is 6.10. The van der Waals surface area contributed by atoms with Gasteiger partial charge in [-0.15, -0.1) is 28.3 Å². The second-order valence-corrected chi connectivity index (χ2v) is 4.79. The van der Waals surface area contributed by atoms with Gasteiger partial charge in [0.2, 0.25) is 5.13 Å². The fourth-order valence-corrected chi connectivity index (χ4v) is 2.50. The highest BCUT2D eigenvalue weighted by Gasteiger charge is 2.24. The molecule has 2 aromatic rings. The number of guanidine groups is 1. The summed E-state index contributed by atoms with van der Waals surface area (Å²) in [5, 5.41) is 2.38. The maximum Gasteiger partial charge on any atom is 0.212 e. The van der Waals surface area contributed by atoms with Gasteiger partial charge in [0.1, 0.15) is 6.61 Å². The third-order valence-corrected chi connectivity index (χ3v) is 3.33. The van der Waals surface area contributed by atoms with Crippen molar-refractivity contribution in [3.63, 3.8) is 0 Å². The van der Waals surface area contributed by atoms with Crippen LogP contribution in [0, 0.1) is 0 Å². The molecule has 0 amide bonds. The van der Waals surface area contributed by atoms with E-state index < -0.39 is 0 Å². The van der Waals surface area contributed by atoms with E-state index in [9.17, 15) is 0 Å². The fraction of sp³-hybridized carbons (Fsp3) is 0.167. The number of nitrogens with two attached hydrogens (primary N) is 2. The smallest absolute Gasteiger partial charge is 0.212 e. The molecule has 0 saturated heterocycles. The third kappa shape index (κ3) is 3.02. The number of aliphatic imine (C=N–C) groups is 1. The van der Waals surface area contributed by atoms with Crippen LogP contribution in [0.1, 0.15) is 11.8 Å². The largest absolute Gasteiger partial charge is 0.485 e. The Balaban J connectivity index is 0.00000147. The lowest BCUT2D eigenvalue weighted by molar-refractivity contribution is 0.0888. The molecule has 1 aliphatic heterocycles. The molecule has 0 fully saturated rings. The monoisotopic (exact) mass is 356 g/mol. The zero-order valence-electron chi connectivity index (χ0n) is 10.4. The lowest BCUT2D eigenvalue weighted by Crippen LogP contribution is -2.22. The summed E-state index contributed by atoms with van der Waals surface area (Å²) in [7, 11) is 0. The summed E-state index contributed by atoms with van der Waals surface area (Å²) in [5.74, 6) is 1.46. The minimum Gasteiger partial charge on any atom is -0.485 e. The average Bonchev–Trinajstić information content (AvgIpc) is 2.86. The van der Waals surface area contributed by atoms with Gasteiger partial charge < -0.3 is 20.9 Å². The van der Waals surface area contributed by atoms with Crippen LogP contribution in [-0.4, -0.2) is 17.6 Å². The number of rotatable bonds is 2. The predicted molar refractivity (Wildman–Crippen MR) is 83.2 cm³/mol. The van der Waals surface area contributed by atoms with Gasteiger partial charge in [-0.1, -0.05) is 12.1 Å². The van der Waals surface area contributed by atoms with Crippen LogP contribution < -0.4 is 20.9 Å². The number of nitrogens with zero attached hydrogens (tertiary/aromatic N) is 2. The maximum atomic E-state index is 5.84. The minimum atomic E-state index is -0.242. The molecule has 1 aromatic carbocycles. The molecule has 106 valence electrons. The van der Waals surface area contributed by atoms with E-state index >= 15 is 0 Å². The van der Waals surface area contributed by atoms with Crippen molar-refractivity contribution in [2.75, 3.05) is 6.61 Å². The number of halogens is 1. The zero-order valence-corrected chi connectivity index (χ0v) is 12.9. The standard InChI is InChI=1S/C12H12N4O2S.BrH/c13-11(14)16-12-15-7(6-19-12)10-5-17-8-3-1-2-4-9(8)18-10;/h1-4,6,10H,5H2,(H4,13,14,15,16);1H. The van der Waals surface area contributed by atoms with Crippen LogP contribution in [0.5, 0.6) is 11.5 Å². The van der Waals surface area contributed by atoms with Crippen molar-refractivity contribution in [3.8, 4) is 11.5 Å². The zero-order chi connectivity index (χ0) is 13.2. The molecule has 20 heavy (non-hydrogen) atoms. The normalized spacial score (nSPS) is 16.1. The van der Waals surface area contributed by atoms with Gasteiger partial charge in [0.05, 0.1) is 5.69 Å². The summed E-state index contributed by atoms with van der Waals surface area (Å²) in [6.45, 7) is 0.419. The Morgan fingerprint density at radius 1 is 1.30 bits per heavy atom. The first kappa shape index (κ1) is 14.6. The van der Waals surface area contributed by atoms with E-state index in [1.165, 1.54) is 11.3 Å². The Morgan fingerprint density at radius 3 is 2.80 bits per heavy atom. The van der Waals surface area contributed by atoms with Crippen LogP contribution in [0.4, 0.5) is 5.13 Å². The third-order valence-electron chi connectivity index (χ3n) is 2.57. The molecule has 2 heterocycles. The molecule has 1 unspecified atom stereocenters. The molecule has 0 aliphatic carbocycles. The van der Waals surface area contributed by atoms with Crippen LogP contribution in [0.15, 0.2) is 34.6 Å². The van der Waals surface area contributed by atoms with Crippen molar-refractivity contribution in [1.82, 2.24) is 4.98 Å². The predicted octanol–water partition coefficient (Wildman–Crippen LogP) is 2.14. The number of hydrogen-bond acceptors (Lipinski definition) is 5. The summed E-state index contributed by atoms with van der Waals surface area (Å²) in [5.41, 5.74) is 11.4. The van der Waals surface area contributed by atoms with Crippen LogP contribution in [0.2, 0.25) is 0 Å². The van der Waals surface area contributed by atoms with Crippen molar-refractivity contribution in [1.29, 1.82) is 0 Å². The Kier molecular flexibility index (Phi) is 4.46. The molecule has 8 heteroatoms. The van der Waals surface area contributed by atoms with Gasteiger partial charge in [0, 0.05) is 5.38 Å². The van der Waals surface area contributed by atoms with Gasteiger partial charge in [0.15, 0.2) is 23.6 Å². The number of hydrogen-bond donors (Lipinski definition) is 2. The van der Waals surface area contributed by atoms with Crippen molar-refractivity contribution >= 4 is 39.4 Å². The second-order valence-electron chi connectivity index (χ2n) is 3.96. The minimum absolute atomic E-state index is 0. The summed E-state index contributed by atoms with van der Waals surface area (Å²) in [6.07, 6.45) is -0.242. The molecular formula is C12H13BrN4O2S. The van der Waals surface area contributed by atoms with E-state index in [0.717, 1.165) is 17.2 Å². The summed E-state index contributed by atoms with van der Waals surface area (Å²) >= 11 is 1.36. The Morgan fingerprint density at radius 2 is 2.05 bits per heavy atom. The van der Waals surface area contributed by atoms with Gasteiger partial charge in [0.25, 0.3) is 0 Å². The molecule has 0 spiro atoms. The van der Waals surface area contributed by atoms with Crippen LogP contribution in [0.3, 0.4) is 0 Å². The molecule has 0 bridgehead atoms. The number of thiazole rings is 1. The molecule has 1 atom stereocenters. The van der Waals surface area contributed by atoms with Gasteiger partial charge in [-0.3, -0.25) is 0 Å². The topological polar surface area (TPSA) is 95.8 Å². The summed E-state index contributed by atoms with van der Waals surface area (Å²) in [6, 6.07) is 7.54. The van der Waals surface area contributed by atoms with Crippen molar-refractivity contribution in [3.05, 3.63) is 35.3 Å². The molecule has 6 nitrogen and oxygen atoms in total. The molecule has 1 aliphatic rings. The molecular weight excluding hydrogens is 344 g/mol. The lowest BCUT2D eigenvalue weighted by atomic mass is 10.2. The molecule has 0 radical (unpaired) electrons. The number of benzene rings is 1. The van der Waals surface area contributed by atoms with Crippen LogP contribution in [0.25, 0.3) is 0 Å².